The van der Waals surface area contributed by atoms with Crippen LogP contribution < -0.4 is 10.6 Å². The number of nitrogens with one attached hydrogen (secondary N) is 2. The van der Waals surface area contributed by atoms with Crippen molar-refractivity contribution in [3.05, 3.63) is 64.2 Å². The summed E-state index contributed by atoms with van der Waals surface area (Å²) in [5.41, 5.74) is 4.11. The van der Waals surface area contributed by atoms with Crippen LogP contribution in [0.2, 0.25) is 5.02 Å². The summed E-state index contributed by atoms with van der Waals surface area (Å²) in [4.78, 5) is 11.9. The van der Waals surface area contributed by atoms with Crippen molar-refractivity contribution >= 4 is 23.3 Å². The summed E-state index contributed by atoms with van der Waals surface area (Å²) < 4.78 is 0. The van der Waals surface area contributed by atoms with Crippen molar-refractivity contribution in [1.29, 1.82) is 0 Å². The van der Waals surface area contributed by atoms with E-state index in [9.17, 15) is 4.79 Å². The van der Waals surface area contributed by atoms with Gasteiger partial charge in [0.05, 0.1) is 0 Å². The van der Waals surface area contributed by atoms with Gasteiger partial charge in [0, 0.05) is 17.3 Å². The van der Waals surface area contributed by atoms with Gasteiger partial charge in [-0.05, 0) is 49.1 Å². The molecule has 110 valence electrons. The fourth-order valence-electron chi connectivity index (χ4n) is 2.06. The number of rotatable bonds is 4. The zero-order chi connectivity index (χ0) is 15.2. The van der Waals surface area contributed by atoms with Gasteiger partial charge in [-0.3, -0.25) is 0 Å². The summed E-state index contributed by atoms with van der Waals surface area (Å²) in [6.07, 6.45) is 0.708. The molecule has 21 heavy (non-hydrogen) atoms. The number of aryl methyl sites for hydroxylation is 1. The molecule has 0 unspecified atom stereocenters. The molecule has 0 aliphatic heterocycles. The fourth-order valence-corrected chi connectivity index (χ4v) is 2.30. The van der Waals surface area contributed by atoms with Crippen molar-refractivity contribution in [2.24, 2.45) is 0 Å². The zero-order valence-electron chi connectivity index (χ0n) is 12.2. The van der Waals surface area contributed by atoms with Gasteiger partial charge in [-0.25, -0.2) is 4.79 Å². The van der Waals surface area contributed by atoms with E-state index in [2.05, 4.69) is 10.6 Å². The van der Waals surface area contributed by atoms with E-state index >= 15 is 0 Å². The first-order valence-electron chi connectivity index (χ1n) is 6.92. The van der Waals surface area contributed by atoms with Crippen molar-refractivity contribution in [1.82, 2.24) is 5.32 Å². The number of amides is 2. The first-order valence-corrected chi connectivity index (χ1v) is 7.30. The van der Waals surface area contributed by atoms with Crippen LogP contribution in [0.4, 0.5) is 10.5 Å². The minimum Gasteiger partial charge on any atom is -0.338 e. The van der Waals surface area contributed by atoms with Crippen molar-refractivity contribution in [2.75, 3.05) is 11.9 Å². The molecule has 0 saturated heterocycles. The van der Waals surface area contributed by atoms with Crippen molar-refractivity contribution < 1.29 is 4.79 Å². The number of halogens is 1. The number of benzene rings is 2. The average molecular weight is 303 g/mol. The van der Waals surface area contributed by atoms with E-state index in [1.807, 2.05) is 56.3 Å². The zero-order valence-corrected chi connectivity index (χ0v) is 13.0. The second-order valence-electron chi connectivity index (χ2n) is 4.97. The van der Waals surface area contributed by atoms with E-state index in [0.29, 0.717) is 13.0 Å². The fraction of sp³-hybridized carbons (Fsp3) is 0.235. The second-order valence-corrected chi connectivity index (χ2v) is 5.38. The van der Waals surface area contributed by atoms with E-state index in [1.54, 1.807) is 0 Å². The number of carbonyl (C=O) groups excluding carboxylic acids is 1. The van der Waals surface area contributed by atoms with Crippen LogP contribution >= 0.6 is 11.6 Å². The molecule has 2 aromatic carbocycles. The van der Waals surface area contributed by atoms with E-state index in [4.69, 9.17) is 11.6 Å². The summed E-state index contributed by atoms with van der Waals surface area (Å²) in [7, 11) is 0. The lowest BCUT2D eigenvalue weighted by Gasteiger charge is -2.11. The molecule has 2 aromatic rings. The Morgan fingerprint density at radius 3 is 2.62 bits per heavy atom. The maximum atomic E-state index is 11.9. The third-order valence-corrected chi connectivity index (χ3v) is 3.86. The van der Waals surface area contributed by atoms with Gasteiger partial charge in [0.15, 0.2) is 0 Å². The highest BCUT2D eigenvalue weighted by Crippen LogP contribution is 2.18. The van der Waals surface area contributed by atoms with Gasteiger partial charge in [0.1, 0.15) is 0 Å². The summed E-state index contributed by atoms with van der Waals surface area (Å²) in [5.74, 6) is 0. The Morgan fingerprint density at radius 1 is 1.10 bits per heavy atom. The molecule has 2 N–H and O–H groups in total. The van der Waals surface area contributed by atoms with Crippen LogP contribution in [0.5, 0.6) is 0 Å². The van der Waals surface area contributed by atoms with Crippen LogP contribution in [0.1, 0.15) is 16.7 Å². The lowest BCUT2D eigenvalue weighted by atomic mass is 10.1. The number of anilines is 1. The molecule has 0 spiro atoms. The Balaban J connectivity index is 1.85. The summed E-state index contributed by atoms with van der Waals surface area (Å²) in [6, 6.07) is 13.3. The highest BCUT2D eigenvalue weighted by atomic mass is 35.5. The average Bonchev–Trinajstić information content (AvgIpc) is 2.46. The first kappa shape index (κ1) is 15.4. The van der Waals surface area contributed by atoms with E-state index in [1.165, 1.54) is 0 Å². The SMILES string of the molecule is Cc1cccc(NC(=O)NCCc2ccccc2Cl)c1C. The normalized spacial score (nSPS) is 10.2. The molecule has 0 radical (unpaired) electrons. The van der Waals surface area contributed by atoms with E-state index < -0.39 is 0 Å². The molecule has 0 aliphatic carbocycles. The van der Waals surface area contributed by atoms with Crippen LogP contribution in [0, 0.1) is 13.8 Å². The Labute approximate surface area is 130 Å². The van der Waals surface area contributed by atoms with Crippen LogP contribution in [0.15, 0.2) is 42.5 Å². The molecule has 0 saturated carbocycles. The molecule has 3 nitrogen and oxygen atoms in total. The van der Waals surface area contributed by atoms with E-state index in [-0.39, 0.29) is 6.03 Å². The summed E-state index contributed by atoms with van der Waals surface area (Å²) in [6.45, 7) is 4.56. The lowest BCUT2D eigenvalue weighted by molar-refractivity contribution is 0.252. The van der Waals surface area contributed by atoms with Gasteiger partial charge in [0.25, 0.3) is 0 Å². The smallest absolute Gasteiger partial charge is 0.319 e. The Kier molecular flexibility index (Phi) is 5.23. The predicted molar refractivity (Wildman–Crippen MR) is 88.1 cm³/mol. The minimum atomic E-state index is -0.198. The van der Waals surface area contributed by atoms with Gasteiger partial charge >= 0.3 is 6.03 Å². The predicted octanol–water partition coefficient (Wildman–Crippen LogP) is 4.32. The molecule has 0 aromatic heterocycles. The second kappa shape index (κ2) is 7.14. The molecule has 0 fully saturated rings. The molecule has 0 bridgehead atoms. The molecule has 2 rings (SSSR count). The maximum Gasteiger partial charge on any atom is 0.319 e. The Morgan fingerprint density at radius 2 is 1.86 bits per heavy atom. The van der Waals surface area contributed by atoms with Crippen LogP contribution in [-0.2, 0) is 6.42 Å². The van der Waals surface area contributed by atoms with Gasteiger partial charge < -0.3 is 10.6 Å². The van der Waals surface area contributed by atoms with Crippen LogP contribution in [0.3, 0.4) is 0 Å². The number of hydrogen-bond donors (Lipinski definition) is 2. The number of hydrogen-bond acceptors (Lipinski definition) is 1. The van der Waals surface area contributed by atoms with Crippen LogP contribution in [0.25, 0.3) is 0 Å². The summed E-state index contributed by atoms with van der Waals surface area (Å²) >= 11 is 6.08. The van der Waals surface area contributed by atoms with Gasteiger partial charge in [-0.15, -0.1) is 0 Å². The van der Waals surface area contributed by atoms with Crippen LogP contribution in [-0.4, -0.2) is 12.6 Å². The molecular weight excluding hydrogens is 284 g/mol. The van der Waals surface area contributed by atoms with Crippen molar-refractivity contribution in [2.45, 2.75) is 20.3 Å². The standard InChI is InChI=1S/C17H19ClN2O/c1-12-6-5-9-16(13(12)2)20-17(21)19-11-10-14-7-3-4-8-15(14)18/h3-9H,10-11H2,1-2H3,(H2,19,20,21). The molecular formula is C17H19ClN2O. The largest absolute Gasteiger partial charge is 0.338 e. The first-order chi connectivity index (χ1) is 10.1. The van der Waals surface area contributed by atoms with Crippen molar-refractivity contribution in [3.63, 3.8) is 0 Å². The third kappa shape index (κ3) is 4.23. The number of carbonyl (C=O) groups is 1. The Hall–Kier alpha value is -2.00. The molecule has 4 heteroatoms. The van der Waals surface area contributed by atoms with Crippen molar-refractivity contribution in [3.8, 4) is 0 Å². The minimum absolute atomic E-state index is 0.198. The molecule has 0 heterocycles. The van der Waals surface area contributed by atoms with Gasteiger partial charge in [-0.2, -0.15) is 0 Å². The highest BCUT2D eigenvalue weighted by molar-refractivity contribution is 6.31. The monoisotopic (exact) mass is 302 g/mol. The highest BCUT2D eigenvalue weighted by Gasteiger charge is 2.05. The quantitative estimate of drug-likeness (QED) is 0.867. The molecule has 2 amide bonds. The maximum absolute atomic E-state index is 11.9. The molecule has 0 aliphatic rings. The van der Waals surface area contributed by atoms with E-state index in [0.717, 1.165) is 27.4 Å². The summed E-state index contributed by atoms with van der Waals surface area (Å²) in [5, 5.41) is 6.44. The lowest BCUT2D eigenvalue weighted by Crippen LogP contribution is -2.30. The van der Waals surface area contributed by atoms with Gasteiger partial charge in [0.2, 0.25) is 0 Å². The molecule has 0 atom stereocenters. The third-order valence-electron chi connectivity index (χ3n) is 3.49. The topological polar surface area (TPSA) is 41.1 Å². The Bertz CT molecular complexity index is 640. The number of urea groups is 1. The van der Waals surface area contributed by atoms with Gasteiger partial charge in [-0.1, -0.05) is 41.9 Å².